The van der Waals surface area contributed by atoms with Gasteiger partial charge in [0.15, 0.2) is 5.82 Å². The van der Waals surface area contributed by atoms with E-state index in [1.165, 1.54) is 18.4 Å². The molecule has 1 aliphatic carbocycles. The number of hydrogen-bond donors (Lipinski definition) is 1. The molecule has 1 aliphatic heterocycles. The summed E-state index contributed by atoms with van der Waals surface area (Å²) in [4.78, 5) is 9.47. The van der Waals surface area contributed by atoms with Crippen LogP contribution in [0.3, 0.4) is 0 Å². The van der Waals surface area contributed by atoms with Gasteiger partial charge in [0, 0.05) is 24.0 Å². The van der Waals surface area contributed by atoms with Crippen LogP contribution in [0.1, 0.15) is 55.4 Å². The van der Waals surface area contributed by atoms with Crippen molar-refractivity contribution >= 4 is 0 Å². The van der Waals surface area contributed by atoms with E-state index in [9.17, 15) is 0 Å². The molecule has 1 saturated carbocycles. The minimum Gasteiger partial charge on any atom is -0.367 e. The fourth-order valence-corrected chi connectivity index (χ4v) is 2.98. The zero-order valence-electron chi connectivity index (χ0n) is 12.8. The fraction of sp³-hybridized carbons (Fsp3) is 0.750. The molecule has 0 spiro atoms. The van der Waals surface area contributed by atoms with Crippen molar-refractivity contribution in [1.29, 1.82) is 0 Å². The van der Waals surface area contributed by atoms with Crippen LogP contribution in [0.15, 0.2) is 0 Å². The number of ether oxygens (including phenoxy) is 1. The van der Waals surface area contributed by atoms with Crippen molar-refractivity contribution < 1.29 is 4.74 Å². The Labute approximate surface area is 121 Å². The molecule has 1 saturated heterocycles. The van der Waals surface area contributed by atoms with E-state index in [1.807, 2.05) is 0 Å². The van der Waals surface area contributed by atoms with Gasteiger partial charge in [-0.2, -0.15) is 0 Å². The highest BCUT2D eigenvalue weighted by molar-refractivity contribution is 5.26. The van der Waals surface area contributed by atoms with E-state index in [-0.39, 0.29) is 5.60 Å². The summed E-state index contributed by atoms with van der Waals surface area (Å²) >= 11 is 0. The maximum absolute atomic E-state index is 5.86. The molecule has 1 aromatic rings. The standard InChI is InChI=1S/C16H25N3O/c1-11-14(7-9-17-13-5-6-13)12(2)19-15(18-11)16(3)8-4-10-20-16/h13,17H,4-10H2,1-3H3. The molecule has 2 fully saturated rings. The Balaban J connectivity index is 1.74. The molecule has 3 rings (SSSR count). The van der Waals surface area contributed by atoms with Gasteiger partial charge < -0.3 is 10.1 Å². The minimum atomic E-state index is -0.277. The SMILES string of the molecule is Cc1nc(C2(C)CCCO2)nc(C)c1CCNC1CC1. The van der Waals surface area contributed by atoms with Crippen LogP contribution in [0.2, 0.25) is 0 Å². The zero-order valence-corrected chi connectivity index (χ0v) is 12.8. The van der Waals surface area contributed by atoms with E-state index in [2.05, 4.69) is 26.1 Å². The summed E-state index contributed by atoms with van der Waals surface area (Å²) in [5, 5.41) is 3.56. The molecule has 2 aliphatic rings. The summed E-state index contributed by atoms with van der Waals surface area (Å²) in [6, 6.07) is 0.765. The van der Waals surface area contributed by atoms with Gasteiger partial charge in [0.05, 0.1) is 0 Å². The van der Waals surface area contributed by atoms with Crippen LogP contribution in [-0.4, -0.2) is 29.2 Å². The normalized spacial score (nSPS) is 26.1. The Hall–Kier alpha value is -1.00. The van der Waals surface area contributed by atoms with Crippen LogP contribution in [-0.2, 0) is 16.8 Å². The van der Waals surface area contributed by atoms with Gasteiger partial charge in [0.1, 0.15) is 5.60 Å². The van der Waals surface area contributed by atoms with Gasteiger partial charge >= 0.3 is 0 Å². The first-order valence-electron chi connectivity index (χ1n) is 7.80. The minimum absolute atomic E-state index is 0.277. The molecule has 1 aromatic heterocycles. The second-order valence-electron chi connectivity index (χ2n) is 6.36. The lowest BCUT2D eigenvalue weighted by Gasteiger charge is -2.23. The molecule has 110 valence electrons. The van der Waals surface area contributed by atoms with Crippen molar-refractivity contribution in [3.05, 3.63) is 22.8 Å². The van der Waals surface area contributed by atoms with Gasteiger partial charge in [-0.25, -0.2) is 9.97 Å². The third-order valence-electron chi connectivity index (χ3n) is 4.50. The summed E-state index contributed by atoms with van der Waals surface area (Å²) in [5.74, 6) is 0.865. The van der Waals surface area contributed by atoms with Crippen molar-refractivity contribution in [1.82, 2.24) is 15.3 Å². The average Bonchev–Trinajstić information content (AvgIpc) is 3.12. The number of nitrogens with one attached hydrogen (secondary N) is 1. The zero-order chi connectivity index (χ0) is 14.2. The molecule has 0 radical (unpaired) electrons. The van der Waals surface area contributed by atoms with Crippen molar-refractivity contribution in [3.63, 3.8) is 0 Å². The predicted octanol–water partition coefficient (Wildman–Crippen LogP) is 2.41. The molecule has 4 heteroatoms. The maximum Gasteiger partial charge on any atom is 0.160 e. The van der Waals surface area contributed by atoms with Crippen LogP contribution in [0.25, 0.3) is 0 Å². The second kappa shape index (κ2) is 5.41. The van der Waals surface area contributed by atoms with Crippen LogP contribution < -0.4 is 5.32 Å². The number of nitrogens with zero attached hydrogens (tertiary/aromatic N) is 2. The Morgan fingerprint density at radius 1 is 1.25 bits per heavy atom. The number of rotatable bonds is 5. The van der Waals surface area contributed by atoms with Gasteiger partial charge in [-0.1, -0.05) is 0 Å². The lowest BCUT2D eigenvalue weighted by Crippen LogP contribution is -2.26. The molecule has 20 heavy (non-hydrogen) atoms. The highest BCUT2D eigenvalue weighted by atomic mass is 16.5. The van der Waals surface area contributed by atoms with Crippen LogP contribution >= 0.6 is 0 Å². The van der Waals surface area contributed by atoms with E-state index < -0.39 is 0 Å². The van der Waals surface area contributed by atoms with Gasteiger partial charge in [0.25, 0.3) is 0 Å². The molecule has 0 aromatic carbocycles. The van der Waals surface area contributed by atoms with Crippen molar-refractivity contribution in [2.75, 3.05) is 13.2 Å². The molecule has 2 heterocycles. The molecule has 0 bridgehead atoms. The lowest BCUT2D eigenvalue weighted by molar-refractivity contribution is 0.00902. The highest BCUT2D eigenvalue weighted by Gasteiger charge is 2.35. The number of aromatic nitrogens is 2. The van der Waals surface area contributed by atoms with Crippen LogP contribution in [0.4, 0.5) is 0 Å². The molecule has 1 N–H and O–H groups in total. The molecular formula is C16H25N3O. The highest BCUT2D eigenvalue weighted by Crippen LogP contribution is 2.34. The smallest absolute Gasteiger partial charge is 0.160 e. The van der Waals surface area contributed by atoms with Crippen LogP contribution in [0, 0.1) is 13.8 Å². The summed E-state index contributed by atoms with van der Waals surface area (Å²) in [7, 11) is 0. The Bertz CT molecular complexity index is 467. The maximum atomic E-state index is 5.86. The Kier molecular flexibility index (Phi) is 3.78. The summed E-state index contributed by atoms with van der Waals surface area (Å²) in [6.07, 6.45) is 5.82. The molecule has 1 atom stereocenters. The summed E-state index contributed by atoms with van der Waals surface area (Å²) in [5.41, 5.74) is 3.24. The topological polar surface area (TPSA) is 47.0 Å². The van der Waals surface area contributed by atoms with Gasteiger partial charge in [0.2, 0.25) is 0 Å². The first-order valence-corrected chi connectivity index (χ1v) is 7.80. The lowest BCUT2D eigenvalue weighted by atomic mass is 10.0. The monoisotopic (exact) mass is 275 g/mol. The summed E-state index contributed by atoms with van der Waals surface area (Å²) < 4.78 is 5.86. The van der Waals surface area contributed by atoms with Crippen LogP contribution in [0.5, 0.6) is 0 Å². The average molecular weight is 275 g/mol. The first kappa shape index (κ1) is 14.0. The van der Waals surface area contributed by atoms with Gasteiger partial charge in [-0.05, 0) is 65.0 Å². The van der Waals surface area contributed by atoms with Crippen molar-refractivity contribution in [2.45, 2.75) is 64.5 Å². The molecule has 4 nitrogen and oxygen atoms in total. The van der Waals surface area contributed by atoms with E-state index in [4.69, 9.17) is 14.7 Å². The molecular weight excluding hydrogens is 250 g/mol. The fourth-order valence-electron chi connectivity index (χ4n) is 2.98. The number of hydrogen-bond acceptors (Lipinski definition) is 4. The third-order valence-corrected chi connectivity index (χ3v) is 4.50. The van der Waals surface area contributed by atoms with E-state index in [1.54, 1.807) is 0 Å². The first-order chi connectivity index (χ1) is 9.58. The second-order valence-corrected chi connectivity index (χ2v) is 6.36. The van der Waals surface area contributed by atoms with E-state index >= 15 is 0 Å². The Morgan fingerprint density at radius 2 is 1.95 bits per heavy atom. The van der Waals surface area contributed by atoms with E-state index in [0.29, 0.717) is 0 Å². The quantitative estimate of drug-likeness (QED) is 0.896. The number of aryl methyl sites for hydroxylation is 2. The predicted molar refractivity (Wildman–Crippen MR) is 78.8 cm³/mol. The van der Waals surface area contributed by atoms with Gasteiger partial charge in [-0.15, -0.1) is 0 Å². The summed E-state index contributed by atoms with van der Waals surface area (Å²) in [6.45, 7) is 8.17. The van der Waals surface area contributed by atoms with Crippen molar-refractivity contribution in [2.24, 2.45) is 0 Å². The van der Waals surface area contributed by atoms with E-state index in [0.717, 1.165) is 55.7 Å². The largest absolute Gasteiger partial charge is 0.367 e. The van der Waals surface area contributed by atoms with Gasteiger partial charge in [-0.3, -0.25) is 0 Å². The Morgan fingerprint density at radius 3 is 2.50 bits per heavy atom. The molecule has 0 amide bonds. The van der Waals surface area contributed by atoms with Crippen molar-refractivity contribution in [3.8, 4) is 0 Å². The molecule has 1 unspecified atom stereocenters. The third kappa shape index (κ3) is 2.86.